The van der Waals surface area contributed by atoms with Gasteiger partial charge in [-0.25, -0.2) is 13.2 Å². The molecule has 0 saturated heterocycles. The van der Waals surface area contributed by atoms with Crippen molar-refractivity contribution in [2.45, 2.75) is 17.9 Å². The number of halogens is 1. The zero-order valence-electron chi connectivity index (χ0n) is 16.5. The Kier molecular flexibility index (Phi) is 5.50. The Balaban J connectivity index is 1.92. The van der Waals surface area contributed by atoms with Crippen molar-refractivity contribution in [2.24, 2.45) is 0 Å². The van der Waals surface area contributed by atoms with Crippen LogP contribution in [0, 0.1) is 0 Å². The highest BCUT2D eigenvalue weighted by molar-refractivity contribution is 7.93. The molecular formula is C21H17ClN2O5S2. The van der Waals surface area contributed by atoms with Gasteiger partial charge in [-0.2, -0.15) is 0 Å². The van der Waals surface area contributed by atoms with Crippen LogP contribution in [0.15, 0.2) is 59.5 Å². The van der Waals surface area contributed by atoms with E-state index < -0.39 is 27.9 Å². The zero-order valence-corrected chi connectivity index (χ0v) is 18.8. The molecule has 0 saturated carbocycles. The van der Waals surface area contributed by atoms with Crippen LogP contribution in [-0.4, -0.2) is 33.4 Å². The van der Waals surface area contributed by atoms with Gasteiger partial charge in [-0.1, -0.05) is 41.9 Å². The van der Waals surface area contributed by atoms with E-state index in [0.29, 0.717) is 9.90 Å². The summed E-state index contributed by atoms with van der Waals surface area (Å²) < 4.78 is 33.4. The minimum atomic E-state index is -4.30. The van der Waals surface area contributed by atoms with E-state index >= 15 is 0 Å². The van der Waals surface area contributed by atoms with Crippen molar-refractivity contribution >= 4 is 56.2 Å². The van der Waals surface area contributed by atoms with Gasteiger partial charge in [0, 0.05) is 9.90 Å². The monoisotopic (exact) mass is 476 g/mol. The highest BCUT2D eigenvalue weighted by atomic mass is 35.5. The fourth-order valence-electron chi connectivity index (χ4n) is 3.34. The first-order chi connectivity index (χ1) is 14.7. The van der Waals surface area contributed by atoms with Crippen LogP contribution in [0.1, 0.15) is 16.6 Å². The molecule has 1 aliphatic heterocycles. The molecule has 1 N–H and O–H groups in total. The summed E-state index contributed by atoms with van der Waals surface area (Å²) in [4.78, 5) is 25.3. The van der Waals surface area contributed by atoms with Gasteiger partial charge in [-0.15, -0.1) is 11.3 Å². The van der Waals surface area contributed by atoms with E-state index in [-0.39, 0.29) is 21.1 Å². The predicted octanol–water partition coefficient (Wildman–Crippen LogP) is 4.39. The second kappa shape index (κ2) is 7.99. The molecule has 2 heterocycles. The average molecular weight is 477 g/mol. The number of ether oxygens (including phenoxy) is 1. The number of fused-ring (bicyclic) bond motifs is 1. The number of methoxy groups -OCH3 is 1. The molecule has 0 radical (unpaired) electrons. The number of hydrogen-bond acceptors (Lipinski definition) is 6. The number of rotatable bonds is 4. The number of hydrogen-bond donors (Lipinski definition) is 1. The Morgan fingerprint density at radius 2 is 1.87 bits per heavy atom. The second-order valence-electron chi connectivity index (χ2n) is 6.79. The molecule has 4 rings (SSSR count). The maximum Gasteiger partial charge on any atom is 0.349 e. The molecule has 1 amide bonds. The molecule has 1 aromatic heterocycles. The largest absolute Gasteiger partial charge is 0.465 e. The molecule has 31 heavy (non-hydrogen) atoms. The minimum absolute atomic E-state index is 0.0601. The molecule has 0 bridgehead atoms. The summed E-state index contributed by atoms with van der Waals surface area (Å²) >= 11 is 7.04. The first-order valence-electron chi connectivity index (χ1n) is 9.16. The Morgan fingerprint density at radius 3 is 2.55 bits per heavy atom. The van der Waals surface area contributed by atoms with Crippen molar-refractivity contribution in [3.05, 3.63) is 64.5 Å². The van der Waals surface area contributed by atoms with Gasteiger partial charge in [0.1, 0.15) is 15.8 Å². The molecule has 0 aliphatic carbocycles. The maximum atomic E-state index is 13.8. The first kappa shape index (κ1) is 21.4. The van der Waals surface area contributed by atoms with E-state index in [9.17, 15) is 18.0 Å². The fraction of sp³-hybridized carbons (Fsp3) is 0.143. The molecule has 1 aliphatic rings. The number of nitrogens with one attached hydrogen (secondary N) is 1. The van der Waals surface area contributed by atoms with Crippen LogP contribution in [0.4, 0.5) is 11.4 Å². The predicted molar refractivity (Wildman–Crippen MR) is 120 cm³/mol. The van der Waals surface area contributed by atoms with Crippen molar-refractivity contribution in [1.82, 2.24) is 0 Å². The lowest BCUT2D eigenvalue weighted by atomic mass is 10.1. The van der Waals surface area contributed by atoms with Crippen LogP contribution >= 0.6 is 22.9 Å². The standard InChI is InChI=1S/C21H17ClN2O5S2/c1-12-20(25)23-15-10-14(22)8-9-16(15)24(12)31(27,28)18-11-17(13-6-4-3-5-7-13)30-19(18)21(26)29-2/h3-12H,1-2H3,(H,23,25). The highest BCUT2D eigenvalue weighted by Crippen LogP contribution is 2.41. The van der Waals surface area contributed by atoms with Crippen LogP contribution in [0.2, 0.25) is 5.02 Å². The SMILES string of the molecule is COC(=O)c1sc(-c2ccccc2)cc1S(=O)(=O)N1c2ccc(Cl)cc2NC(=O)C1C. The molecule has 3 aromatic rings. The fourth-order valence-corrected chi connectivity index (χ4v) is 6.73. The first-order valence-corrected chi connectivity index (χ1v) is 11.8. The summed E-state index contributed by atoms with van der Waals surface area (Å²) in [6, 6.07) is 14.1. The maximum absolute atomic E-state index is 13.8. The third-order valence-electron chi connectivity index (χ3n) is 4.85. The van der Waals surface area contributed by atoms with Crippen LogP contribution < -0.4 is 9.62 Å². The van der Waals surface area contributed by atoms with E-state index in [4.69, 9.17) is 16.3 Å². The number of carbonyl (C=O) groups excluding carboxylic acids is 2. The van der Waals surface area contributed by atoms with Crippen molar-refractivity contribution in [3.63, 3.8) is 0 Å². The topological polar surface area (TPSA) is 92.8 Å². The van der Waals surface area contributed by atoms with E-state index in [1.807, 2.05) is 30.3 Å². The van der Waals surface area contributed by atoms with Crippen LogP contribution in [0.25, 0.3) is 10.4 Å². The molecule has 1 unspecified atom stereocenters. The lowest BCUT2D eigenvalue weighted by molar-refractivity contribution is -0.117. The Morgan fingerprint density at radius 1 is 1.16 bits per heavy atom. The smallest absolute Gasteiger partial charge is 0.349 e. The summed E-state index contributed by atoms with van der Waals surface area (Å²) in [7, 11) is -3.11. The van der Waals surface area contributed by atoms with Gasteiger partial charge >= 0.3 is 5.97 Å². The third-order valence-corrected chi connectivity index (χ3v) is 8.29. The molecule has 7 nitrogen and oxygen atoms in total. The molecule has 0 spiro atoms. The number of carbonyl (C=O) groups is 2. The molecular weight excluding hydrogens is 460 g/mol. The quantitative estimate of drug-likeness (QED) is 0.564. The van der Waals surface area contributed by atoms with Crippen LogP contribution in [0.3, 0.4) is 0 Å². The lowest BCUT2D eigenvalue weighted by Gasteiger charge is -2.35. The number of esters is 1. The number of anilines is 2. The zero-order chi connectivity index (χ0) is 22.3. The summed E-state index contributed by atoms with van der Waals surface area (Å²) in [5.74, 6) is -1.27. The normalized spacial score (nSPS) is 15.9. The number of thiophene rings is 1. The molecule has 160 valence electrons. The second-order valence-corrected chi connectivity index (χ2v) is 10.1. The van der Waals surface area contributed by atoms with Crippen LogP contribution in [0.5, 0.6) is 0 Å². The number of sulfonamides is 1. The lowest BCUT2D eigenvalue weighted by Crippen LogP contribution is -2.49. The average Bonchev–Trinajstić information content (AvgIpc) is 3.21. The van der Waals surface area contributed by atoms with Crippen molar-refractivity contribution in [3.8, 4) is 10.4 Å². The van der Waals surface area contributed by atoms with E-state index in [1.165, 1.54) is 38.3 Å². The van der Waals surface area contributed by atoms with Crippen molar-refractivity contribution in [2.75, 3.05) is 16.7 Å². The van der Waals surface area contributed by atoms with Gasteiger partial charge in [-0.3, -0.25) is 9.10 Å². The molecule has 10 heteroatoms. The van der Waals surface area contributed by atoms with Crippen molar-refractivity contribution < 1.29 is 22.7 Å². The molecule has 0 fully saturated rings. The van der Waals surface area contributed by atoms with Gasteiger partial charge in [0.05, 0.1) is 18.5 Å². The van der Waals surface area contributed by atoms with Gasteiger partial charge in [-0.05, 0) is 36.8 Å². The summed E-state index contributed by atoms with van der Waals surface area (Å²) in [6.45, 7) is 1.48. The summed E-state index contributed by atoms with van der Waals surface area (Å²) in [5.41, 5.74) is 1.30. The van der Waals surface area contributed by atoms with Gasteiger partial charge in [0.2, 0.25) is 5.91 Å². The summed E-state index contributed by atoms with van der Waals surface area (Å²) in [5, 5.41) is 3.02. The highest BCUT2D eigenvalue weighted by Gasteiger charge is 2.41. The molecule has 1 atom stereocenters. The van der Waals surface area contributed by atoms with E-state index in [2.05, 4.69) is 5.32 Å². The Hall–Kier alpha value is -2.88. The number of nitrogens with zero attached hydrogens (tertiary/aromatic N) is 1. The third kappa shape index (κ3) is 3.69. The molecule has 2 aromatic carbocycles. The van der Waals surface area contributed by atoms with E-state index in [1.54, 1.807) is 0 Å². The van der Waals surface area contributed by atoms with Gasteiger partial charge in [0.25, 0.3) is 10.0 Å². The summed E-state index contributed by atoms with van der Waals surface area (Å²) in [6.07, 6.45) is 0. The van der Waals surface area contributed by atoms with Gasteiger partial charge < -0.3 is 10.1 Å². The Bertz CT molecular complexity index is 1290. The van der Waals surface area contributed by atoms with Crippen LogP contribution in [-0.2, 0) is 19.6 Å². The minimum Gasteiger partial charge on any atom is -0.465 e. The van der Waals surface area contributed by atoms with Gasteiger partial charge in [0.15, 0.2) is 0 Å². The number of benzene rings is 2. The number of amides is 1. The van der Waals surface area contributed by atoms with Crippen molar-refractivity contribution in [1.29, 1.82) is 0 Å². The Labute approximate surface area is 188 Å². The van der Waals surface area contributed by atoms with E-state index in [0.717, 1.165) is 21.2 Å².